The molecule has 0 amide bonds. The fraction of sp³-hybridized carbons (Fsp3) is 0.462. The summed E-state index contributed by atoms with van der Waals surface area (Å²) in [4.78, 5) is 11.1. The van der Waals surface area contributed by atoms with Crippen LogP contribution in [0.3, 0.4) is 0 Å². The van der Waals surface area contributed by atoms with Crippen LogP contribution in [-0.4, -0.2) is 19.4 Å². The molecule has 0 saturated carbocycles. The van der Waals surface area contributed by atoms with Gasteiger partial charge in [0.2, 0.25) is 0 Å². The van der Waals surface area contributed by atoms with Crippen molar-refractivity contribution in [2.45, 2.75) is 25.7 Å². The van der Waals surface area contributed by atoms with Crippen molar-refractivity contribution < 1.29 is 4.79 Å². The molecule has 1 N–H and O–H groups in total. The van der Waals surface area contributed by atoms with Gasteiger partial charge in [-0.05, 0) is 62.0 Å². The van der Waals surface area contributed by atoms with E-state index in [1.165, 1.54) is 0 Å². The second-order valence-corrected chi connectivity index (χ2v) is 4.78. The zero-order valence-electron chi connectivity index (χ0n) is 9.42. The maximum atomic E-state index is 11.1. The fourth-order valence-electron chi connectivity index (χ4n) is 2.31. The normalized spacial score (nSPS) is 17.4. The zero-order valence-corrected chi connectivity index (χ0v) is 10.2. The molecule has 1 heterocycles. The minimum atomic E-state index is 0.472. The monoisotopic (exact) mass is 237 g/mol. The number of aryl methyl sites for hydroxylation is 1. The first-order valence-corrected chi connectivity index (χ1v) is 6.06. The fourth-order valence-corrected chi connectivity index (χ4v) is 2.48. The molecule has 0 spiro atoms. The van der Waals surface area contributed by atoms with Crippen molar-refractivity contribution in [3.63, 3.8) is 0 Å². The molecule has 2 nitrogen and oxygen atoms in total. The van der Waals surface area contributed by atoms with Crippen molar-refractivity contribution in [2.75, 3.05) is 13.1 Å². The molecular weight excluding hydrogens is 222 g/mol. The van der Waals surface area contributed by atoms with Gasteiger partial charge in [-0.15, -0.1) is 0 Å². The number of carbonyl (C=O) groups excluding carboxylic acids is 1. The summed E-state index contributed by atoms with van der Waals surface area (Å²) in [5.74, 6) is 0.472. The van der Waals surface area contributed by atoms with E-state index in [2.05, 4.69) is 5.32 Å². The summed E-state index contributed by atoms with van der Waals surface area (Å²) in [6.07, 6.45) is 3.11. The van der Waals surface area contributed by atoms with Gasteiger partial charge in [0.25, 0.3) is 0 Å². The molecule has 1 fully saturated rings. The SMILES string of the molecule is Cc1cc(C=O)c(C2CCNCC2)cc1Cl. The first kappa shape index (κ1) is 11.6. The molecule has 86 valence electrons. The summed E-state index contributed by atoms with van der Waals surface area (Å²) in [5.41, 5.74) is 2.89. The van der Waals surface area contributed by atoms with Gasteiger partial charge in [0, 0.05) is 10.6 Å². The summed E-state index contributed by atoms with van der Waals surface area (Å²) in [6, 6.07) is 3.86. The average Bonchev–Trinajstić information content (AvgIpc) is 2.33. The Morgan fingerprint density at radius 2 is 2.06 bits per heavy atom. The van der Waals surface area contributed by atoms with Crippen molar-refractivity contribution in [1.29, 1.82) is 0 Å². The molecule has 1 saturated heterocycles. The minimum Gasteiger partial charge on any atom is -0.317 e. The van der Waals surface area contributed by atoms with Crippen LogP contribution < -0.4 is 5.32 Å². The Morgan fingerprint density at radius 3 is 2.69 bits per heavy atom. The first-order valence-electron chi connectivity index (χ1n) is 5.68. The molecule has 0 aromatic heterocycles. The van der Waals surface area contributed by atoms with Gasteiger partial charge in [-0.2, -0.15) is 0 Å². The lowest BCUT2D eigenvalue weighted by molar-refractivity contribution is 0.112. The highest BCUT2D eigenvalue weighted by Crippen LogP contribution is 2.31. The number of hydrogen-bond acceptors (Lipinski definition) is 2. The van der Waals surface area contributed by atoms with Gasteiger partial charge in [-0.1, -0.05) is 11.6 Å². The third kappa shape index (κ3) is 2.28. The molecule has 1 aliphatic rings. The predicted molar refractivity (Wildman–Crippen MR) is 66.4 cm³/mol. The molecule has 0 atom stereocenters. The Balaban J connectivity index is 2.37. The van der Waals surface area contributed by atoms with E-state index in [9.17, 15) is 4.79 Å². The molecule has 3 heteroatoms. The molecule has 0 radical (unpaired) electrons. The molecule has 1 aromatic rings. The van der Waals surface area contributed by atoms with E-state index in [-0.39, 0.29) is 0 Å². The van der Waals surface area contributed by atoms with Crippen molar-refractivity contribution in [1.82, 2.24) is 5.32 Å². The van der Waals surface area contributed by atoms with Gasteiger partial charge in [0.1, 0.15) is 6.29 Å². The summed E-state index contributed by atoms with van der Waals surface area (Å²) in [7, 11) is 0. The Hall–Kier alpha value is -0.860. The van der Waals surface area contributed by atoms with Crippen molar-refractivity contribution >= 4 is 17.9 Å². The maximum absolute atomic E-state index is 11.1. The maximum Gasteiger partial charge on any atom is 0.150 e. The summed E-state index contributed by atoms with van der Waals surface area (Å²) >= 11 is 6.13. The van der Waals surface area contributed by atoms with E-state index < -0.39 is 0 Å². The van der Waals surface area contributed by atoms with Gasteiger partial charge in [-0.3, -0.25) is 4.79 Å². The number of aldehydes is 1. The Labute approximate surface area is 101 Å². The van der Waals surface area contributed by atoms with Crippen molar-refractivity contribution in [2.24, 2.45) is 0 Å². The number of nitrogens with one attached hydrogen (secondary N) is 1. The van der Waals surface area contributed by atoms with Gasteiger partial charge < -0.3 is 5.32 Å². The van der Waals surface area contributed by atoms with Gasteiger partial charge in [-0.25, -0.2) is 0 Å². The highest BCUT2D eigenvalue weighted by Gasteiger charge is 2.19. The zero-order chi connectivity index (χ0) is 11.5. The number of piperidine rings is 1. The first-order chi connectivity index (χ1) is 7.72. The van der Waals surface area contributed by atoms with Crippen LogP contribution in [0.1, 0.15) is 40.2 Å². The third-order valence-electron chi connectivity index (χ3n) is 3.27. The molecule has 16 heavy (non-hydrogen) atoms. The highest BCUT2D eigenvalue weighted by atomic mass is 35.5. The summed E-state index contributed by atoms with van der Waals surface area (Å²) < 4.78 is 0. The van der Waals surface area contributed by atoms with Crippen LogP contribution in [0, 0.1) is 6.92 Å². The number of carbonyl (C=O) groups is 1. The van der Waals surface area contributed by atoms with Crippen LogP contribution in [0.2, 0.25) is 5.02 Å². The number of hydrogen-bond donors (Lipinski definition) is 1. The molecule has 1 aromatic carbocycles. The largest absolute Gasteiger partial charge is 0.317 e. The molecular formula is C13H16ClNO. The average molecular weight is 238 g/mol. The van der Waals surface area contributed by atoms with Crippen LogP contribution in [0.15, 0.2) is 12.1 Å². The second kappa shape index (κ2) is 4.98. The Morgan fingerprint density at radius 1 is 1.38 bits per heavy atom. The van der Waals surface area contributed by atoms with E-state index in [1.54, 1.807) is 0 Å². The minimum absolute atomic E-state index is 0.472. The van der Waals surface area contributed by atoms with Gasteiger partial charge >= 0.3 is 0 Å². The van der Waals surface area contributed by atoms with Crippen LogP contribution in [-0.2, 0) is 0 Å². The number of halogens is 1. The van der Waals surface area contributed by atoms with Gasteiger partial charge in [0.15, 0.2) is 0 Å². The Bertz CT molecular complexity index is 397. The Kier molecular flexibility index (Phi) is 3.62. The lowest BCUT2D eigenvalue weighted by Crippen LogP contribution is -2.27. The van der Waals surface area contributed by atoms with E-state index in [1.807, 2.05) is 19.1 Å². The third-order valence-corrected chi connectivity index (χ3v) is 3.68. The lowest BCUT2D eigenvalue weighted by atomic mass is 9.87. The molecule has 0 unspecified atom stereocenters. The van der Waals surface area contributed by atoms with Crippen LogP contribution in [0.5, 0.6) is 0 Å². The molecule has 0 aliphatic carbocycles. The number of benzene rings is 1. The standard InChI is InChI=1S/C13H16ClNO/c1-9-6-11(8-16)12(7-13(9)14)10-2-4-15-5-3-10/h6-8,10,15H,2-5H2,1H3. The van der Waals surface area contributed by atoms with Crippen molar-refractivity contribution in [3.05, 3.63) is 33.8 Å². The van der Waals surface area contributed by atoms with E-state index in [0.717, 1.165) is 53.9 Å². The van der Waals surface area contributed by atoms with E-state index in [0.29, 0.717) is 5.92 Å². The highest BCUT2D eigenvalue weighted by molar-refractivity contribution is 6.31. The lowest BCUT2D eigenvalue weighted by Gasteiger charge is -2.24. The topological polar surface area (TPSA) is 29.1 Å². The summed E-state index contributed by atoms with van der Waals surface area (Å²) in [5, 5.41) is 4.09. The van der Waals surface area contributed by atoms with Crippen LogP contribution in [0.4, 0.5) is 0 Å². The van der Waals surface area contributed by atoms with Crippen LogP contribution in [0.25, 0.3) is 0 Å². The second-order valence-electron chi connectivity index (χ2n) is 4.37. The molecule has 2 rings (SSSR count). The molecule has 1 aliphatic heterocycles. The van der Waals surface area contributed by atoms with E-state index in [4.69, 9.17) is 11.6 Å². The molecule has 0 bridgehead atoms. The smallest absolute Gasteiger partial charge is 0.150 e. The van der Waals surface area contributed by atoms with Crippen LogP contribution >= 0.6 is 11.6 Å². The quantitative estimate of drug-likeness (QED) is 0.802. The van der Waals surface area contributed by atoms with E-state index >= 15 is 0 Å². The number of rotatable bonds is 2. The summed E-state index contributed by atoms with van der Waals surface area (Å²) in [6.45, 7) is 3.98. The van der Waals surface area contributed by atoms with Crippen molar-refractivity contribution in [3.8, 4) is 0 Å². The predicted octanol–water partition coefficient (Wildman–Crippen LogP) is 2.93. The van der Waals surface area contributed by atoms with Gasteiger partial charge in [0.05, 0.1) is 0 Å².